The predicted octanol–water partition coefficient (Wildman–Crippen LogP) is 7.05. The van der Waals surface area contributed by atoms with Gasteiger partial charge >= 0.3 is 17.9 Å². The Kier molecular flexibility index (Phi) is 22.3. The lowest BCUT2D eigenvalue weighted by Gasteiger charge is -2.38. The fourth-order valence-electron chi connectivity index (χ4n) is 4.78. The lowest BCUT2D eigenvalue weighted by atomic mass is 10.0. The summed E-state index contributed by atoms with van der Waals surface area (Å²) in [5.41, 5.74) is 0. The molecule has 0 unspecified atom stereocenters. The van der Waals surface area contributed by atoms with Crippen LogP contribution in [-0.4, -0.2) is 63.9 Å². The van der Waals surface area contributed by atoms with Gasteiger partial charge in [-0.1, -0.05) is 89.7 Å². The summed E-state index contributed by atoms with van der Waals surface area (Å²) in [6.45, 7) is 3.67. The fraction of sp³-hybridized carbons (Fsp3) is 0.828. The van der Waals surface area contributed by atoms with Crippen LogP contribution in [0.25, 0.3) is 0 Å². The number of allylic oxidation sites excluding steroid dienone is 2. The van der Waals surface area contributed by atoms with Crippen LogP contribution < -0.4 is 0 Å². The average Bonchev–Trinajstić information content (AvgIpc) is 2.83. The Hall–Kier alpha value is -1.89. The normalized spacial score (nSPS) is 11.8. The Balaban J connectivity index is 3.96. The summed E-state index contributed by atoms with van der Waals surface area (Å²) in [6.07, 6.45) is 24.2. The molecule has 0 aliphatic rings. The van der Waals surface area contributed by atoms with Crippen LogP contribution in [0.1, 0.15) is 129 Å². The van der Waals surface area contributed by atoms with Crippen molar-refractivity contribution in [2.75, 3.05) is 26.2 Å². The van der Waals surface area contributed by atoms with E-state index in [1.54, 1.807) is 0 Å². The van der Waals surface area contributed by atoms with Gasteiger partial charge in [-0.2, -0.15) is 0 Å². The number of unbranched alkanes of at least 4 members (excludes halogenated alkanes) is 14. The minimum atomic E-state index is -0.932. The molecular weight excluding hydrogens is 458 g/mol. The van der Waals surface area contributed by atoms with Crippen molar-refractivity contribution in [1.29, 1.82) is 0 Å². The van der Waals surface area contributed by atoms with E-state index in [0.717, 1.165) is 25.7 Å². The van der Waals surface area contributed by atoms with Crippen LogP contribution in [0.3, 0.4) is 0 Å². The zero-order valence-electron chi connectivity index (χ0n) is 22.9. The standard InChI is InChI=1S/C29H53NO6/c1-2-3-4-5-6-7-8-9-10-11-12-13-14-15-16-17-18-19-23-30(24-20-27(31)32,25-21-28(33)34)26-22-29(35)36/h3-4H,2,5-26H2,1H3,(H2-,31,32,33,34,35,36)/p+1/b4-3+. The molecule has 36 heavy (non-hydrogen) atoms. The third-order valence-electron chi connectivity index (χ3n) is 7.06. The summed E-state index contributed by atoms with van der Waals surface area (Å²) in [6, 6.07) is 0. The molecule has 0 heterocycles. The van der Waals surface area contributed by atoms with Gasteiger partial charge in [0, 0.05) is 0 Å². The van der Waals surface area contributed by atoms with Gasteiger partial charge < -0.3 is 19.8 Å². The van der Waals surface area contributed by atoms with Crippen molar-refractivity contribution >= 4 is 17.9 Å². The Labute approximate surface area is 219 Å². The molecule has 3 N–H and O–H groups in total. The van der Waals surface area contributed by atoms with Gasteiger partial charge in [-0.3, -0.25) is 14.4 Å². The second-order valence-corrected chi connectivity index (χ2v) is 10.3. The monoisotopic (exact) mass is 512 g/mol. The summed E-state index contributed by atoms with van der Waals surface area (Å²) >= 11 is 0. The molecule has 0 rings (SSSR count). The molecule has 0 aromatic rings. The number of nitrogens with zero attached hydrogens (tertiary/aromatic N) is 1. The number of quaternary nitrogens is 1. The third kappa shape index (κ3) is 22.6. The zero-order chi connectivity index (χ0) is 26.9. The molecule has 0 bridgehead atoms. The minimum absolute atomic E-state index is 0.0735. The molecule has 0 fully saturated rings. The molecule has 0 aliphatic carbocycles. The van der Waals surface area contributed by atoms with Crippen molar-refractivity contribution in [3.05, 3.63) is 12.2 Å². The molecule has 0 aromatic heterocycles. The minimum Gasteiger partial charge on any atom is -0.481 e. The van der Waals surface area contributed by atoms with Gasteiger partial charge in [0.1, 0.15) is 0 Å². The zero-order valence-corrected chi connectivity index (χ0v) is 22.9. The molecule has 0 aromatic carbocycles. The summed E-state index contributed by atoms with van der Waals surface area (Å²) < 4.78 is 0.265. The first kappa shape index (κ1) is 34.1. The molecule has 0 spiro atoms. The second-order valence-electron chi connectivity index (χ2n) is 10.3. The van der Waals surface area contributed by atoms with Crippen molar-refractivity contribution in [1.82, 2.24) is 0 Å². The van der Waals surface area contributed by atoms with Crippen molar-refractivity contribution < 1.29 is 34.2 Å². The van der Waals surface area contributed by atoms with Gasteiger partial charge in [0.05, 0.1) is 45.4 Å². The van der Waals surface area contributed by atoms with Crippen molar-refractivity contribution in [3.8, 4) is 0 Å². The predicted molar refractivity (Wildman–Crippen MR) is 145 cm³/mol. The molecule has 210 valence electrons. The van der Waals surface area contributed by atoms with E-state index in [0.29, 0.717) is 6.54 Å². The number of hydrogen-bond acceptors (Lipinski definition) is 3. The van der Waals surface area contributed by atoms with Crippen LogP contribution in [0.4, 0.5) is 0 Å². The Morgan fingerprint density at radius 1 is 0.500 bits per heavy atom. The van der Waals surface area contributed by atoms with E-state index in [9.17, 15) is 14.4 Å². The van der Waals surface area contributed by atoms with E-state index < -0.39 is 17.9 Å². The van der Waals surface area contributed by atoms with E-state index in [-0.39, 0.29) is 43.4 Å². The van der Waals surface area contributed by atoms with E-state index in [1.807, 2.05) is 0 Å². The molecule has 0 atom stereocenters. The third-order valence-corrected chi connectivity index (χ3v) is 7.06. The summed E-state index contributed by atoms with van der Waals surface area (Å²) in [5.74, 6) is -2.80. The van der Waals surface area contributed by atoms with Crippen LogP contribution >= 0.6 is 0 Å². The van der Waals surface area contributed by atoms with Crippen LogP contribution in [0.15, 0.2) is 12.2 Å². The van der Waals surface area contributed by atoms with E-state index in [4.69, 9.17) is 15.3 Å². The molecule has 7 heteroatoms. The number of carboxylic acids is 3. The molecule has 0 amide bonds. The Bertz CT molecular complexity index is 559. The van der Waals surface area contributed by atoms with E-state index in [1.165, 1.54) is 77.0 Å². The number of rotatable bonds is 27. The molecule has 0 radical (unpaired) electrons. The second kappa shape index (κ2) is 23.5. The number of carboxylic acid groups (broad SMARTS) is 3. The SMILES string of the molecule is CC/C=C/CCCCCCCCCCCCCCCC[N+](CCC(=O)O)(CCC(=O)O)CCC(=O)O. The van der Waals surface area contributed by atoms with Crippen molar-refractivity contribution in [2.24, 2.45) is 0 Å². The first-order valence-corrected chi connectivity index (χ1v) is 14.5. The van der Waals surface area contributed by atoms with Gasteiger partial charge in [-0.25, -0.2) is 0 Å². The summed E-state index contributed by atoms with van der Waals surface area (Å²) in [4.78, 5) is 33.4. The summed E-state index contributed by atoms with van der Waals surface area (Å²) in [7, 11) is 0. The average molecular weight is 513 g/mol. The van der Waals surface area contributed by atoms with Gasteiger partial charge in [0.2, 0.25) is 0 Å². The lowest BCUT2D eigenvalue weighted by Crippen LogP contribution is -2.52. The van der Waals surface area contributed by atoms with Crippen molar-refractivity contribution in [3.63, 3.8) is 0 Å². The lowest BCUT2D eigenvalue weighted by molar-refractivity contribution is -0.927. The highest BCUT2D eigenvalue weighted by atomic mass is 16.4. The highest BCUT2D eigenvalue weighted by molar-refractivity contribution is 5.67. The summed E-state index contributed by atoms with van der Waals surface area (Å²) in [5, 5.41) is 27.3. The van der Waals surface area contributed by atoms with Crippen LogP contribution in [0.5, 0.6) is 0 Å². The number of hydrogen-bond donors (Lipinski definition) is 3. The fourth-order valence-corrected chi connectivity index (χ4v) is 4.78. The first-order valence-electron chi connectivity index (χ1n) is 14.5. The van der Waals surface area contributed by atoms with Gasteiger partial charge in [0.15, 0.2) is 0 Å². The maximum atomic E-state index is 11.1. The van der Waals surface area contributed by atoms with Gasteiger partial charge in [-0.05, 0) is 32.1 Å². The van der Waals surface area contributed by atoms with E-state index >= 15 is 0 Å². The maximum Gasteiger partial charge on any atom is 0.309 e. The molecule has 0 aliphatic heterocycles. The van der Waals surface area contributed by atoms with Gasteiger partial charge in [0.25, 0.3) is 0 Å². The molecule has 7 nitrogen and oxygen atoms in total. The molecular formula is C29H54NO6+. The van der Waals surface area contributed by atoms with Crippen LogP contribution in [-0.2, 0) is 14.4 Å². The largest absolute Gasteiger partial charge is 0.481 e. The van der Waals surface area contributed by atoms with Crippen LogP contribution in [0.2, 0.25) is 0 Å². The quantitative estimate of drug-likeness (QED) is 0.0618. The van der Waals surface area contributed by atoms with Gasteiger partial charge in [-0.15, -0.1) is 0 Å². The van der Waals surface area contributed by atoms with Crippen molar-refractivity contribution in [2.45, 2.75) is 129 Å². The topological polar surface area (TPSA) is 112 Å². The molecule has 0 saturated carbocycles. The molecule has 0 saturated heterocycles. The number of carbonyl (C=O) groups is 3. The Morgan fingerprint density at radius 3 is 1.17 bits per heavy atom. The highest BCUT2D eigenvalue weighted by Gasteiger charge is 2.29. The number of aliphatic carboxylic acids is 3. The first-order chi connectivity index (χ1) is 17.3. The van der Waals surface area contributed by atoms with Crippen LogP contribution in [0, 0.1) is 0 Å². The Morgan fingerprint density at radius 2 is 0.833 bits per heavy atom. The maximum absolute atomic E-state index is 11.1. The van der Waals surface area contributed by atoms with E-state index in [2.05, 4.69) is 19.1 Å². The highest BCUT2D eigenvalue weighted by Crippen LogP contribution is 2.17. The smallest absolute Gasteiger partial charge is 0.309 e.